The van der Waals surface area contributed by atoms with Crippen molar-refractivity contribution in [3.05, 3.63) is 35.6 Å². The highest BCUT2D eigenvalue weighted by Gasteiger charge is 2.32. The van der Waals surface area contributed by atoms with Crippen LogP contribution < -0.4 is 0 Å². The second-order valence-corrected chi connectivity index (χ2v) is 7.22. The fraction of sp³-hybridized carbons (Fsp3) is 0.600. The number of hydrogen-bond acceptors (Lipinski definition) is 4. The van der Waals surface area contributed by atoms with Crippen LogP contribution in [0.4, 0.5) is 9.18 Å². The molecule has 2 aliphatic heterocycles. The summed E-state index contributed by atoms with van der Waals surface area (Å²) in [5.41, 5.74) is 0.936. The standard InChI is InChI=1S/C20H28FN3O3/c1-2-27-20(26)24-11-9-23(10-12-24)19(25)17-6-4-8-22(15-17)14-16-5-3-7-18(21)13-16/h3,5,7,13,17H,2,4,6,8-12,14-15H2,1H3/t17-/m0/s1. The molecule has 2 saturated heterocycles. The van der Waals surface area contributed by atoms with Crippen LogP contribution in [-0.4, -0.2) is 72.6 Å². The van der Waals surface area contributed by atoms with Gasteiger partial charge in [-0.05, 0) is 44.0 Å². The summed E-state index contributed by atoms with van der Waals surface area (Å²) in [5.74, 6) is -0.0829. The van der Waals surface area contributed by atoms with E-state index in [1.807, 2.05) is 11.0 Å². The van der Waals surface area contributed by atoms with Crippen LogP contribution in [0.15, 0.2) is 24.3 Å². The first-order valence-electron chi connectivity index (χ1n) is 9.74. The summed E-state index contributed by atoms with van der Waals surface area (Å²) in [4.78, 5) is 30.5. The van der Waals surface area contributed by atoms with Crippen LogP contribution in [0.1, 0.15) is 25.3 Å². The maximum Gasteiger partial charge on any atom is 0.409 e. The second-order valence-electron chi connectivity index (χ2n) is 7.22. The zero-order valence-electron chi connectivity index (χ0n) is 15.9. The lowest BCUT2D eigenvalue weighted by molar-refractivity contribution is -0.139. The number of piperidine rings is 1. The molecular formula is C20H28FN3O3. The molecule has 0 bridgehead atoms. The van der Waals surface area contributed by atoms with Crippen molar-refractivity contribution < 1.29 is 18.7 Å². The summed E-state index contributed by atoms with van der Waals surface area (Å²) in [6, 6.07) is 6.64. The Labute approximate surface area is 159 Å². The molecular weight excluding hydrogens is 349 g/mol. The molecule has 2 aliphatic rings. The molecule has 1 aromatic rings. The molecule has 2 amide bonds. The second kappa shape index (κ2) is 9.17. The van der Waals surface area contributed by atoms with Crippen molar-refractivity contribution in [3.8, 4) is 0 Å². The van der Waals surface area contributed by atoms with E-state index in [0.29, 0.717) is 45.9 Å². The highest BCUT2D eigenvalue weighted by molar-refractivity contribution is 5.79. The van der Waals surface area contributed by atoms with E-state index < -0.39 is 0 Å². The van der Waals surface area contributed by atoms with Crippen LogP contribution >= 0.6 is 0 Å². The number of benzene rings is 1. The largest absolute Gasteiger partial charge is 0.450 e. The molecule has 0 N–H and O–H groups in total. The van der Waals surface area contributed by atoms with Gasteiger partial charge in [0.2, 0.25) is 5.91 Å². The first kappa shape index (κ1) is 19.6. The fourth-order valence-electron chi connectivity index (χ4n) is 3.88. The van der Waals surface area contributed by atoms with Gasteiger partial charge in [-0.2, -0.15) is 0 Å². The molecule has 0 aromatic heterocycles. The Hall–Kier alpha value is -2.15. The van der Waals surface area contributed by atoms with Crippen molar-refractivity contribution >= 4 is 12.0 Å². The number of carbonyl (C=O) groups is 2. The lowest BCUT2D eigenvalue weighted by Crippen LogP contribution is -2.53. The van der Waals surface area contributed by atoms with E-state index in [2.05, 4.69) is 4.90 Å². The number of likely N-dealkylation sites (tertiary alicyclic amines) is 1. The minimum atomic E-state index is -0.302. The zero-order chi connectivity index (χ0) is 19.2. The van der Waals surface area contributed by atoms with E-state index in [0.717, 1.165) is 24.9 Å². The molecule has 3 rings (SSSR count). The lowest BCUT2D eigenvalue weighted by atomic mass is 9.95. The van der Waals surface area contributed by atoms with Gasteiger partial charge in [-0.1, -0.05) is 12.1 Å². The monoisotopic (exact) mass is 377 g/mol. The number of carbonyl (C=O) groups excluding carboxylic acids is 2. The van der Waals surface area contributed by atoms with Crippen molar-refractivity contribution in [2.24, 2.45) is 5.92 Å². The average molecular weight is 377 g/mol. The van der Waals surface area contributed by atoms with Crippen LogP contribution in [0.5, 0.6) is 0 Å². The first-order chi connectivity index (χ1) is 13.1. The number of amides is 2. The Morgan fingerprint density at radius 3 is 2.59 bits per heavy atom. The quantitative estimate of drug-likeness (QED) is 0.808. The third kappa shape index (κ3) is 5.19. The topological polar surface area (TPSA) is 53.1 Å². The summed E-state index contributed by atoms with van der Waals surface area (Å²) < 4.78 is 18.4. The molecule has 7 heteroatoms. The molecule has 0 unspecified atom stereocenters. The predicted octanol–water partition coefficient (Wildman–Crippen LogP) is 2.34. The van der Waals surface area contributed by atoms with E-state index in [-0.39, 0.29) is 23.7 Å². The minimum absolute atomic E-state index is 0.0264. The van der Waals surface area contributed by atoms with Crippen molar-refractivity contribution in [2.75, 3.05) is 45.9 Å². The van der Waals surface area contributed by atoms with Gasteiger partial charge in [-0.25, -0.2) is 9.18 Å². The molecule has 0 spiro atoms. The Balaban J connectivity index is 1.51. The molecule has 1 atom stereocenters. The molecule has 6 nitrogen and oxygen atoms in total. The Bertz CT molecular complexity index is 662. The minimum Gasteiger partial charge on any atom is -0.450 e. The number of halogens is 1. The number of rotatable bonds is 4. The van der Waals surface area contributed by atoms with Crippen LogP contribution in [0.3, 0.4) is 0 Å². The van der Waals surface area contributed by atoms with Gasteiger partial charge in [0.25, 0.3) is 0 Å². The van der Waals surface area contributed by atoms with Crippen LogP contribution in [0, 0.1) is 11.7 Å². The van der Waals surface area contributed by atoms with Gasteiger partial charge in [-0.15, -0.1) is 0 Å². The van der Waals surface area contributed by atoms with Crippen molar-refractivity contribution in [1.82, 2.24) is 14.7 Å². The summed E-state index contributed by atoms with van der Waals surface area (Å²) in [7, 11) is 0. The molecule has 0 aliphatic carbocycles. The van der Waals surface area contributed by atoms with Gasteiger partial charge in [0.05, 0.1) is 12.5 Å². The molecule has 1 aromatic carbocycles. The van der Waals surface area contributed by atoms with E-state index in [1.54, 1.807) is 24.0 Å². The van der Waals surface area contributed by atoms with Crippen molar-refractivity contribution in [3.63, 3.8) is 0 Å². The summed E-state index contributed by atoms with van der Waals surface area (Å²) in [6.45, 7) is 6.59. The van der Waals surface area contributed by atoms with Gasteiger partial charge >= 0.3 is 6.09 Å². The van der Waals surface area contributed by atoms with Crippen LogP contribution in [-0.2, 0) is 16.1 Å². The van der Waals surface area contributed by atoms with Gasteiger partial charge in [0, 0.05) is 39.3 Å². The average Bonchev–Trinajstić information content (AvgIpc) is 2.68. The smallest absolute Gasteiger partial charge is 0.409 e. The van der Waals surface area contributed by atoms with E-state index in [4.69, 9.17) is 4.74 Å². The first-order valence-corrected chi connectivity index (χ1v) is 9.74. The van der Waals surface area contributed by atoms with Gasteiger partial charge < -0.3 is 14.5 Å². The Morgan fingerprint density at radius 2 is 1.89 bits per heavy atom. The maximum atomic E-state index is 13.4. The summed E-state index contributed by atoms with van der Waals surface area (Å²) in [6.07, 6.45) is 1.55. The Kier molecular flexibility index (Phi) is 6.66. The van der Waals surface area contributed by atoms with Crippen LogP contribution in [0.25, 0.3) is 0 Å². The number of ether oxygens (including phenoxy) is 1. The van der Waals surface area contributed by atoms with Gasteiger partial charge in [0.1, 0.15) is 5.82 Å². The lowest BCUT2D eigenvalue weighted by Gasteiger charge is -2.38. The predicted molar refractivity (Wildman–Crippen MR) is 99.6 cm³/mol. The summed E-state index contributed by atoms with van der Waals surface area (Å²) >= 11 is 0. The fourth-order valence-corrected chi connectivity index (χ4v) is 3.88. The van der Waals surface area contributed by atoms with Gasteiger partial charge in [0.15, 0.2) is 0 Å². The SMILES string of the molecule is CCOC(=O)N1CCN(C(=O)[C@H]2CCCN(Cc3cccc(F)c3)C2)CC1. The highest BCUT2D eigenvalue weighted by Crippen LogP contribution is 2.21. The third-order valence-electron chi connectivity index (χ3n) is 5.27. The van der Waals surface area contributed by atoms with E-state index in [1.165, 1.54) is 6.07 Å². The van der Waals surface area contributed by atoms with E-state index >= 15 is 0 Å². The normalized spacial score (nSPS) is 21.2. The molecule has 2 fully saturated rings. The summed E-state index contributed by atoms with van der Waals surface area (Å²) in [5, 5.41) is 0. The molecule has 27 heavy (non-hydrogen) atoms. The Morgan fingerprint density at radius 1 is 1.15 bits per heavy atom. The maximum absolute atomic E-state index is 13.4. The van der Waals surface area contributed by atoms with Crippen molar-refractivity contribution in [1.29, 1.82) is 0 Å². The number of hydrogen-bond donors (Lipinski definition) is 0. The molecule has 0 radical (unpaired) electrons. The third-order valence-corrected chi connectivity index (χ3v) is 5.27. The van der Waals surface area contributed by atoms with Crippen LogP contribution in [0.2, 0.25) is 0 Å². The number of piperazine rings is 1. The molecule has 0 saturated carbocycles. The number of nitrogens with zero attached hydrogens (tertiary/aromatic N) is 3. The highest BCUT2D eigenvalue weighted by atomic mass is 19.1. The molecule has 2 heterocycles. The van der Waals surface area contributed by atoms with Gasteiger partial charge in [-0.3, -0.25) is 9.69 Å². The zero-order valence-corrected chi connectivity index (χ0v) is 15.9. The molecule has 148 valence electrons. The van der Waals surface area contributed by atoms with Crippen molar-refractivity contribution in [2.45, 2.75) is 26.3 Å². The van der Waals surface area contributed by atoms with E-state index in [9.17, 15) is 14.0 Å².